The van der Waals surface area contributed by atoms with E-state index < -0.39 is 21.8 Å². The Balaban J connectivity index is 1.82. The van der Waals surface area contributed by atoms with E-state index in [1.165, 1.54) is 16.6 Å². The molecule has 0 spiro atoms. The van der Waals surface area contributed by atoms with Crippen LogP contribution < -0.4 is 4.74 Å². The summed E-state index contributed by atoms with van der Waals surface area (Å²) >= 11 is 0. The standard InChI is InChI=1S/C13H17F3N2O3S/c1-22(19,20)18-6-4-10(5-7-18)9-21-12-3-2-11(8-17-12)13(14,15)16/h2-3,8,10H,4-7,9H2,1H3. The van der Waals surface area contributed by atoms with E-state index in [0.717, 1.165) is 12.3 Å². The summed E-state index contributed by atoms with van der Waals surface area (Å²) in [5.74, 6) is 0.306. The van der Waals surface area contributed by atoms with E-state index in [2.05, 4.69) is 4.98 Å². The number of piperidine rings is 1. The molecule has 0 saturated carbocycles. The molecule has 0 amide bonds. The van der Waals surface area contributed by atoms with E-state index in [4.69, 9.17) is 4.74 Å². The molecule has 1 aromatic heterocycles. The minimum Gasteiger partial charge on any atom is -0.477 e. The molecule has 2 rings (SSSR count). The second-order valence-electron chi connectivity index (χ2n) is 5.30. The maximum atomic E-state index is 12.4. The molecule has 5 nitrogen and oxygen atoms in total. The first kappa shape index (κ1) is 17.0. The highest BCUT2D eigenvalue weighted by Gasteiger charge is 2.31. The normalized spacial score (nSPS) is 18.4. The van der Waals surface area contributed by atoms with Gasteiger partial charge in [0.2, 0.25) is 15.9 Å². The molecule has 1 aromatic rings. The number of ether oxygens (including phenoxy) is 1. The number of pyridine rings is 1. The van der Waals surface area contributed by atoms with Crippen LogP contribution in [0.1, 0.15) is 18.4 Å². The summed E-state index contributed by atoms with van der Waals surface area (Å²) in [6, 6.07) is 2.11. The molecule has 124 valence electrons. The van der Waals surface area contributed by atoms with Crippen LogP contribution >= 0.6 is 0 Å². The lowest BCUT2D eigenvalue weighted by Gasteiger charge is -2.29. The molecule has 1 saturated heterocycles. The lowest BCUT2D eigenvalue weighted by molar-refractivity contribution is -0.137. The van der Waals surface area contributed by atoms with Crippen LogP contribution in [-0.2, 0) is 16.2 Å². The highest BCUT2D eigenvalue weighted by molar-refractivity contribution is 7.88. The van der Waals surface area contributed by atoms with Crippen molar-refractivity contribution in [3.05, 3.63) is 23.9 Å². The van der Waals surface area contributed by atoms with Gasteiger partial charge in [-0.3, -0.25) is 0 Å². The number of rotatable bonds is 4. The summed E-state index contributed by atoms with van der Waals surface area (Å²) in [6.45, 7) is 1.19. The molecule has 0 atom stereocenters. The summed E-state index contributed by atoms with van der Waals surface area (Å²) in [7, 11) is -3.16. The highest BCUT2D eigenvalue weighted by Crippen LogP contribution is 2.29. The SMILES string of the molecule is CS(=O)(=O)N1CCC(COc2ccc(C(F)(F)F)cn2)CC1. The molecule has 1 fully saturated rings. The first-order chi connectivity index (χ1) is 10.2. The zero-order valence-electron chi connectivity index (χ0n) is 12.0. The third kappa shape index (κ3) is 4.57. The van der Waals surface area contributed by atoms with Gasteiger partial charge in [0, 0.05) is 25.4 Å². The topological polar surface area (TPSA) is 59.5 Å². The zero-order chi connectivity index (χ0) is 16.4. The van der Waals surface area contributed by atoms with Crippen LogP contribution in [0, 0.1) is 5.92 Å². The lowest BCUT2D eigenvalue weighted by Crippen LogP contribution is -2.39. The van der Waals surface area contributed by atoms with Gasteiger partial charge in [0.1, 0.15) is 0 Å². The third-order valence-electron chi connectivity index (χ3n) is 3.57. The molecule has 0 bridgehead atoms. The van der Waals surface area contributed by atoms with Crippen LogP contribution in [0.5, 0.6) is 5.88 Å². The van der Waals surface area contributed by atoms with Crippen molar-refractivity contribution in [2.45, 2.75) is 19.0 Å². The number of hydrogen-bond acceptors (Lipinski definition) is 4. The maximum Gasteiger partial charge on any atom is 0.417 e. The van der Waals surface area contributed by atoms with Crippen molar-refractivity contribution in [3.8, 4) is 5.88 Å². The molecule has 0 radical (unpaired) electrons. The Morgan fingerprint density at radius 2 is 1.95 bits per heavy atom. The molecule has 2 heterocycles. The van der Waals surface area contributed by atoms with Crippen molar-refractivity contribution >= 4 is 10.0 Å². The van der Waals surface area contributed by atoms with Gasteiger partial charge in [-0.1, -0.05) is 0 Å². The number of sulfonamides is 1. The fourth-order valence-corrected chi connectivity index (χ4v) is 3.12. The van der Waals surface area contributed by atoms with Crippen LogP contribution in [0.15, 0.2) is 18.3 Å². The Morgan fingerprint density at radius 1 is 1.32 bits per heavy atom. The minimum absolute atomic E-state index is 0.138. The van der Waals surface area contributed by atoms with Crippen LogP contribution in [-0.4, -0.2) is 43.7 Å². The molecule has 0 N–H and O–H groups in total. The van der Waals surface area contributed by atoms with Crippen molar-refractivity contribution in [1.29, 1.82) is 0 Å². The smallest absolute Gasteiger partial charge is 0.417 e. The molecule has 0 unspecified atom stereocenters. The minimum atomic E-state index is -4.41. The number of halogens is 3. The number of alkyl halides is 3. The van der Waals surface area contributed by atoms with E-state index in [-0.39, 0.29) is 11.8 Å². The average molecular weight is 338 g/mol. The fraction of sp³-hybridized carbons (Fsp3) is 0.615. The van der Waals surface area contributed by atoms with Gasteiger partial charge in [-0.15, -0.1) is 0 Å². The number of aromatic nitrogens is 1. The molecule has 1 aliphatic heterocycles. The van der Waals surface area contributed by atoms with Crippen LogP contribution in [0.2, 0.25) is 0 Å². The van der Waals surface area contributed by atoms with Gasteiger partial charge < -0.3 is 4.74 Å². The first-order valence-corrected chi connectivity index (χ1v) is 8.62. The molecule has 22 heavy (non-hydrogen) atoms. The fourth-order valence-electron chi connectivity index (χ4n) is 2.24. The number of hydrogen-bond donors (Lipinski definition) is 0. The van der Waals surface area contributed by atoms with Crippen molar-refractivity contribution in [1.82, 2.24) is 9.29 Å². The molecule has 9 heteroatoms. The van der Waals surface area contributed by atoms with Crippen molar-refractivity contribution in [2.75, 3.05) is 26.0 Å². The van der Waals surface area contributed by atoms with Gasteiger partial charge in [0.15, 0.2) is 0 Å². The van der Waals surface area contributed by atoms with E-state index >= 15 is 0 Å². The summed E-state index contributed by atoms with van der Waals surface area (Å²) in [4.78, 5) is 3.64. The molecule has 1 aliphatic rings. The van der Waals surface area contributed by atoms with Gasteiger partial charge in [-0.2, -0.15) is 13.2 Å². The lowest BCUT2D eigenvalue weighted by atomic mass is 9.99. The van der Waals surface area contributed by atoms with Gasteiger partial charge in [-0.25, -0.2) is 17.7 Å². The molecular formula is C13H17F3N2O3S. The van der Waals surface area contributed by atoms with Crippen molar-refractivity contribution in [2.24, 2.45) is 5.92 Å². The van der Waals surface area contributed by atoms with Gasteiger partial charge >= 0.3 is 6.18 Å². The molecule has 0 aliphatic carbocycles. The Bertz CT molecular complexity index is 594. The maximum absolute atomic E-state index is 12.4. The van der Waals surface area contributed by atoms with Gasteiger partial charge in [0.05, 0.1) is 18.4 Å². The Hall–Kier alpha value is -1.35. The third-order valence-corrected chi connectivity index (χ3v) is 4.88. The molecular weight excluding hydrogens is 321 g/mol. The van der Waals surface area contributed by atoms with E-state index in [1.54, 1.807) is 0 Å². The first-order valence-electron chi connectivity index (χ1n) is 6.77. The van der Waals surface area contributed by atoms with E-state index in [9.17, 15) is 21.6 Å². The zero-order valence-corrected chi connectivity index (χ0v) is 12.8. The average Bonchev–Trinajstić information content (AvgIpc) is 2.44. The Labute approximate surface area is 127 Å². The van der Waals surface area contributed by atoms with E-state index in [0.29, 0.717) is 32.5 Å². The second-order valence-corrected chi connectivity index (χ2v) is 7.28. The number of nitrogens with zero attached hydrogens (tertiary/aromatic N) is 2. The van der Waals surface area contributed by atoms with Gasteiger partial charge in [-0.05, 0) is 24.8 Å². The van der Waals surface area contributed by atoms with Crippen molar-refractivity contribution < 1.29 is 26.3 Å². The second kappa shape index (κ2) is 6.41. The Morgan fingerprint density at radius 3 is 2.41 bits per heavy atom. The quantitative estimate of drug-likeness (QED) is 0.844. The Kier molecular flexibility index (Phi) is 4.96. The summed E-state index contributed by atoms with van der Waals surface area (Å²) in [6.07, 6.45) is -1.18. The van der Waals surface area contributed by atoms with E-state index in [1.807, 2.05) is 0 Å². The van der Waals surface area contributed by atoms with Crippen LogP contribution in [0.4, 0.5) is 13.2 Å². The summed E-state index contributed by atoms with van der Waals surface area (Å²) in [5, 5.41) is 0. The summed E-state index contributed by atoms with van der Waals surface area (Å²) < 4.78 is 66.7. The molecule has 0 aromatic carbocycles. The van der Waals surface area contributed by atoms with Crippen molar-refractivity contribution in [3.63, 3.8) is 0 Å². The van der Waals surface area contributed by atoms with Gasteiger partial charge in [0.25, 0.3) is 0 Å². The largest absolute Gasteiger partial charge is 0.477 e. The predicted octanol–water partition coefficient (Wildman–Crippen LogP) is 2.15. The summed E-state index contributed by atoms with van der Waals surface area (Å²) in [5.41, 5.74) is -0.818. The monoisotopic (exact) mass is 338 g/mol. The predicted molar refractivity (Wildman–Crippen MR) is 73.9 cm³/mol. The highest BCUT2D eigenvalue weighted by atomic mass is 32.2. The van der Waals surface area contributed by atoms with Crippen LogP contribution in [0.25, 0.3) is 0 Å². The van der Waals surface area contributed by atoms with Crippen LogP contribution in [0.3, 0.4) is 0 Å².